The van der Waals surface area contributed by atoms with Gasteiger partial charge in [-0.15, -0.1) is 0 Å². The molecule has 0 bridgehead atoms. The number of hydrogen-bond acceptors (Lipinski definition) is 7. The summed E-state index contributed by atoms with van der Waals surface area (Å²) in [5.41, 5.74) is 1.58. The summed E-state index contributed by atoms with van der Waals surface area (Å²) in [4.78, 5) is 25.9. The lowest BCUT2D eigenvalue weighted by Gasteiger charge is -2.27. The van der Waals surface area contributed by atoms with Crippen LogP contribution >= 0.6 is 0 Å². The smallest absolute Gasteiger partial charge is 0.414 e. The van der Waals surface area contributed by atoms with E-state index in [4.69, 9.17) is 14.2 Å². The zero-order valence-electron chi connectivity index (χ0n) is 15.9. The van der Waals surface area contributed by atoms with E-state index in [9.17, 15) is 18.0 Å². The van der Waals surface area contributed by atoms with Crippen LogP contribution in [0.15, 0.2) is 24.3 Å². The Hall–Kier alpha value is -2.13. The third kappa shape index (κ3) is 4.59. The average Bonchev–Trinajstić information content (AvgIpc) is 2.95. The number of methoxy groups -OCH3 is 1. The molecule has 1 saturated heterocycles. The van der Waals surface area contributed by atoms with Gasteiger partial charge in [0.15, 0.2) is 14.6 Å². The Kier molecular flexibility index (Phi) is 6.48. The molecule has 2 rings (SSSR count). The highest BCUT2D eigenvalue weighted by Crippen LogP contribution is 2.30. The maximum absolute atomic E-state index is 12.3. The molecular weight excluding hydrogens is 374 g/mol. The SMILES string of the molecule is CCOC(=O)C(C)(C[C@H]1CN(c2ccc(COC)cc2)C(=O)O1)S(C)(=O)=O. The molecule has 0 spiro atoms. The predicted molar refractivity (Wildman–Crippen MR) is 99.3 cm³/mol. The Balaban J connectivity index is 2.16. The second-order valence-electron chi connectivity index (χ2n) is 6.64. The molecule has 1 aliphatic heterocycles. The van der Waals surface area contributed by atoms with Gasteiger partial charge < -0.3 is 14.2 Å². The quantitative estimate of drug-likeness (QED) is 0.616. The lowest BCUT2D eigenvalue weighted by molar-refractivity contribution is -0.146. The number of carbonyl (C=O) groups excluding carboxylic acids is 2. The van der Waals surface area contributed by atoms with Gasteiger partial charge in [-0.3, -0.25) is 9.69 Å². The van der Waals surface area contributed by atoms with E-state index < -0.39 is 32.8 Å². The average molecular weight is 399 g/mol. The third-order valence-electron chi connectivity index (χ3n) is 4.58. The molecule has 0 saturated carbocycles. The van der Waals surface area contributed by atoms with Gasteiger partial charge in [0.25, 0.3) is 0 Å². The summed E-state index contributed by atoms with van der Waals surface area (Å²) in [6.07, 6.45) is -0.527. The van der Waals surface area contributed by atoms with Gasteiger partial charge in [-0.2, -0.15) is 0 Å². The lowest BCUT2D eigenvalue weighted by Crippen LogP contribution is -2.47. The highest BCUT2D eigenvalue weighted by molar-refractivity contribution is 7.92. The molecule has 1 fully saturated rings. The van der Waals surface area contributed by atoms with E-state index in [-0.39, 0.29) is 19.6 Å². The number of nitrogens with zero attached hydrogens (tertiary/aromatic N) is 1. The monoisotopic (exact) mass is 399 g/mol. The molecule has 9 heteroatoms. The first-order valence-electron chi connectivity index (χ1n) is 8.55. The molecule has 1 heterocycles. The molecule has 2 atom stereocenters. The molecule has 0 N–H and O–H groups in total. The van der Waals surface area contributed by atoms with Gasteiger partial charge in [0.2, 0.25) is 0 Å². The molecule has 0 aliphatic carbocycles. The largest absolute Gasteiger partial charge is 0.465 e. The van der Waals surface area contributed by atoms with Crippen LogP contribution in [0.4, 0.5) is 10.5 Å². The predicted octanol–water partition coefficient (Wildman–Crippen LogP) is 1.91. The van der Waals surface area contributed by atoms with E-state index in [1.165, 1.54) is 11.8 Å². The zero-order valence-corrected chi connectivity index (χ0v) is 16.7. The summed E-state index contributed by atoms with van der Waals surface area (Å²) < 4.78 is 38.0. The van der Waals surface area contributed by atoms with E-state index in [0.29, 0.717) is 12.3 Å². The summed E-state index contributed by atoms with van der Waals surface area (Å²) in [5.74, 6) is -0.842. The number of carbonyl (C=O) groups is 2. The van der Waals surface area contributed by atoms with Crippen molar-refractivity contribution in [2.24, 2.45) is 0 Å². The Bertz CT molecular complexity index is 790. The Morgan fingerprint density at radius 3 is 2.48 bits per heavy atom. The van der Waals surface area contributed by atoms with E-state index in [2.05, 4.69) is 0 Å². The first kappa shape index (κ1) is 21.2. The van der Waals surface area contributed by atoms with E-state index >= 15 is 0 Å². The first-order chi connectivity index (χ1) is 12.6. The van der Waals surface area contributed by atoms with E-state index in [0.717, 1.165) is 11.8 Å². The van der Waals surface area contributed by atoms with Crippen LogP contribution in [0.25, 0.3) is 0 Å². The number of ether oxygens (including phenoxy) is 3. The summed E-state index contributed by atoms with van der Waals surface area (Å²) in [7, 11) is -2.19. The van der Waals surface area contributed by atoms with Crippen LogP contribution in [-0.4, -0.2) is 57.8 Å². The Morgan fingerprint density at radius 1 is 1.33 bits per heavy atom. The maximum atomic E-state index is 12.3. The number of esters is 1. The molecule has 8 nitrogen and oxygen atoms in total. The van der Waals surface area contributed by atoms with Crippen molar-refractivity contribution in [3.05, 3.63) is 29.8 Å². The van der Waals surface area contributed by atoms with Gasteiger partial charge >= 0.3 is 12.1 Å². The third-order valence-corrected chi connectivity index (χ3v) is 6.55. The first-order valence-corrected chi connectivity index (χ1v) is 10.4. The minimum atomic E-state index is -3.78. The Morgan fingerprint density at radius 2 is 1.96 bits per heavy atom. The maximum Gasteiger partial charge on any atom is 0.414 e. The minimum absolute atomic E-state index is 0.0638. The van der Waals surface area contributed by atoms with Crippen molar-refractivity contribution in [3.63, 3.8) is 0 Å². The summed E-state index contributed by atoms with van der Waals surface area (Å²) in [6, 6.07) is 7.19. The fourth-order valence-electron chi connectivity index (χ4n) is 2.88. The van der Waals surface area contributed by atoms with Crippen LogP contribution < -0.4 is 4.90 Å². The summed E-state index contributed by atoms with van der Waals surface area (Å²) in [5, 5.41) is 0. The molecule has 0 radical (unpaired) electrons. The van der Waals surface area contributed by atoms with Crippen LogP contribution in [0.5, 0.6) is 0 Å². The van der Waals surface area contributed by atoms with Gasteiger partial charge in [0.05, 0.1) is 19.8 Å². The molecule has 1 unspecified atom stereocenters. The molecule has 0 aromatic heterocycles. The second-order valence-corrected chi connectivity index (χ2v) is 9.09. The topological polar surface area (TPSA) is 99.2 Å². The molecule has 1 amide bonds. The number of rotatable bonds is 8. The van der Waals surface area contributed by atoms with Crippen molar-refractivity contribution in [1.82, 2.24) is 0 Å². The summed E-state index contributed by atoms with van der Waals surface area (Å²) in [6.45, 7) is 3.57. The second kappa shape index (κ2) is 8.26. The van der Waals surface area contributed by atoms with Crippen molar-refractivity contribution < 1.29 is 32.2 Å². The van der Waals surface area contributed by atoms with Gasteiger partial charge in [-0.1, -0.05) is 12.1 Å². The van der Waals surface area contributed by atoms with Crippen LogP contribution in [-0.2, 0) is 35.4 Å². The van der Waals surface area contributed by atoms with Gasteiger partial charge in [-0.05, 0) is 31.5 Å². The number of amides is 1. The van der Waals surface area contributed by atoms with E-state index in [1.807, 2.05) is 12.1 Å². The fraction of sp³-hybridized carbons (Fsp3) is 0.556. The van der Waals surface area contributed by atoms with Crippen LogP contribution in [0.2, 0.25) is 0 Å². The minimum Gasteiger partial charge on any atom is -0.465 e. The molecule has 1 aromatic carbocycles. The molecule has 1 aromatic rings. The van der Waals surface area contributed by atoms with Gasteiger partial charge in [0, 0.05) is 25.5 Å². The van der Waals surface area contributed by atoms with Gasteiger partial charge in [0.1, 0.15) is 6.10 Å². The highest BCUT2D eigenvalue weighted by atomic mass is 32.2. The Labute approximate surface area is 159 Å². The lowest BCUT2D eigenvalue weighted by atomic mass is 10.0. The number of benzene rings is 1. The van der Waals surface area contributed by atoms with Crippen LogP contribution in [0.1, 0.15) is 25.8 Å². The zero-order chi connectivity index (χ0) is 20.2. The number of hydrogen-bond donors (Lipinski definition) is 0. The normalized spacial score (nSPS) is 19.5. The van der Waals surface area contributed by atoms with E-state index in [1.54, 1.807) is 26.2 Å². The van der Waals surface area contributed by atoms with Crippen molar-refractivity contribution in [3.8, 4) is 0 Å². The fourth-order valence-corrected chi connectivity index (χ4v) is 3.73. The standard InChI is InChI=1S/C18H25NO7S/c1-5-25-16(20)18(2,27(4,22)23)10-15-11-19(17(21)26-15)14-8-6-13(7-9-14)12-24-3/h6-9,15H,5,10-12H2,1-4H3/t15-,18?/m0/s1. The number of anilines is 1. The van der Waals surface area contributed by atoms with Crippen molar-refractivity contribution >= 4 is 27.6 Å². The number of cyclic esters (lactones) is 1. The molecule has 1 aliphatic rings. The van der Waals surface area contributed by atoms with Gasteiger partial charge in [-0.25, -0.2) is 13.2 Å². The highest BCUT2D eigenvalue weighted by Gasteiger charge is 2.49. The van der Waals surface area contributed by atoms with Crippen molar-refractivity contribution in [1.29, 1.82) is 0 Å². The molecule has 150 valence electrons. The van der Waals surface area contributed by atoms with Crippen LogP contribution in [0.3, 0.4) is 0 Å². The number of sulfone groups is 1. The molecular formula is C18H25NO7S. The van der Waals surface area contributed by atoms with Crippen LogP contribution in [0, 0.1) is 0 Å². The van der Waals surface area contributed by atoms with Crippen molar-refractivity contribution in [2.45, 2.75) is 37.7 Å². The van der Waals surface area contributed by atoms with Crippen molar-refractivity contribution in [2.75, 3.05) is 31.4 Å². The summed E-state index contributed by atoms with van der Waals surface area (Å²) >= 11 is 0. The molecule has 27 heavy (non-hydrogen) atoms.